The number of ether oxygens (including phenoxy) is 1. The summed E-state index contributed by atoms with van der Waals surface area (Å²) in [6, 6.07) is 4.15. The van der Waals surface area contributed by atoms with Crippen LogP contribution in [0.15, 0.2) is 30.3 Å². The van der Waals surface area contributed by atoms with E-state index in [9.17, 15) is 26.3 Å². The molecule has 0 spiro atoms. The van der Waals surface area contributed by atoms with Crippen LogP contribution < -0.4 is 4.74 Å². The third-order valence-corrected chi connectivity index (χ3v) is 7.48. The molecule has 2 aliphatic rings. The first kappa shape index (κ1) is 24.0. The fraction of sp³-hybridized carbons (Fsp3) is 0.538. The van der Waals surface area contributed by atoms with Crippen molar-refractivity contribution >= 4 is 0 Å². The molecule has 4 rings (SSSR count). The summed E-state index contributed by atoms with van der Waals surface area (Å²) >= 11 is 0. The second kappa shape index (κ2) is 9.59. The molecular weight excluding hydrogens is 442 g/mol. The van der Waals surface area contributed by atoms with Gasteiger partial charge in [-0.05, 0) is 92.0 Å². The molecule has 0 aliphatic heterocycles. The lowest BCUT2D eigenvalue weighted by Gasteiger charge is -2.37. The highest BCUT2D eigenvalue weighted by molar-refractivity contribution is 5.33. The van der Waals surface area contributed by atoms with Gasteiger partial charge in [-0.3, -0.25) is 0 Å². The molecule has 2 saturated carbocycles. The van der Waals surface area contributed by atoms with Crippen molar-refractivity contribution in [3.8, 4) is 5.75 Å². The van der Waals surface area contributed by atoms with E-state index in [0.717, 1.165) is 49.1 Å². The van der Waals surface area contributed by atoms with Crippen LogP contribution in [0.4, 0.5) is 26.3 Å². The maximum absolute atomic E-state index is 14.6. The van der Waals surface area contributed by atoms with Gasteiger partial charge in [0.15, 0.2) is 29.0 Å². The molecule has 2 fully saturated rings. The Morgan fingerprint density at radius 1 is 0.727 bits per heavy atom. The van der Waals surface area contributed by atoms with E-state index < -0.39 is 40.7 Å². The number of hydrogen-bond acceptors (Lipinski definition) is 1. The zero-order valence-electron chi connectivity index (χ0n) is 18.5. The first-order valence-corrected chi connectivity index (χ1v) is 11.7. The van der Waals surface area contributed by atoms with E-state index in [0.29, 0.717) is 5.92 Å². The van der Waals surface area contributed by atoms with Gasteiger partial charge in [0, 0.05) is 0 Å². The van der Waals surface area contributed by atoms with Gasteiger partial charge in [-0.25, -0.2) is 17.6 Å². The van der Waals surface area contributed by atoms with Gasteiger partial charge < -0.3 is 4.74 Å². The molecule has 0 N–H and O–H groups in total. The predicted molar refractivity (Wildman–Crippen MR) is 113 cm³/mol. The summed E-state index contributed by atoms with van der Waals surface area (Å²) < 4.78 is 87.5. The van der Waals surface area contributed by atoms with E-state index >= 15 is 0 Å². The predicted octanol–water partition coefficient (Wildman–Crippen LogP) is 8.47. The van der Waals surface area contributed by atoms with Crippen LogP contribution in [0.3, 0.4) is 0 Å². The highest BCUT2D eigenvalue weighted by Crippen LogP contribution is 2.44. The van der Waals surface area contributed by atoms with E-state index in [1.807, 2.05) is 0 Å². The van der Waals surface area contributed by atoms with Crippen molar-refractivity contribution in [2.75, 3.05) is 0 Å². The molecule has 0 bridgehead atoms. The van der Waals surface area contributed by atoms with Crippen LogP contribution in [0.2, 0.25) is 0 Å². The van der Waals surface area contributed by atoms with Crippen molar-refractivity contribution in [1.29, 1.82) is 0 Å². The van der Waals surface area contributed by atoms with Gasteiger partial charge >= 0.3 is 6.11 Å². The second-order valence-corrected chi connectivity index (χ2v) is 9.69. The third-order valence-electron chi connectivity index (χ3n) is 7.48. The molecule has 2 aromatic carbocycles. The molecule has 0 radical (unpaired) electrons. The number of hydrogen-bond donors (Lipinski definition) is 0. The molecular formula is C26H28F6O. The number of halogens is 6. The number of alkyl halides is 2. The third kappa shape index (κ3) is 5.33. The number of rotatable bonds is 5. The maximum Gasteiger partial charge on any atom is 0.427 e. The molecule has 0 heterocycles. The summed E-state index contributed by atoms with van der Waals surface area (Å²) in [7, 11) is 0. The van der Waals surface area contributed by atoms with Crippen molar-refractivity contribution in [2.24, 2.45) is 17.8 Å². The van der Waals surface area contributed by atoms with Gasteiger partial charge in [0.2, 0.25) is 0 Å². The van der Waals surface area contributed by atoms with Crippen LogP contribution in [0.25, 0.3) is 0 Å². The quantitative estimate of drug-likeness (QED) is 0.315. The van der Waals surface area contributed by atoms with Crippen LogP contribution >= 0.6 is 0 Å². The average molecular weight is 470 g/mol. The SMILES string of the molecule is CC1CCC(C2CCC(c3ccc(OC(F)(F)c4cc(F)c(F)c(F)c4)c(F)c3)CC2)CC1. The van der Waals surface area contributed by atoms with Gasteiger partial charge in [-0.1, -0.05) is 25.8 Å². The molecule has 0 atom stereocenters. The van der Waals surface area contributed by atoms with Crippen molar-refractivity contribution in [2.45, 2.75) is 70.3 Å². The van der Waals surface area contributed by atoms with Crippen LogP contribution in [0.5, 0.6) is 5.75 Å². The van der Waals surface area contributed by atoms with Crippen LogP contribution in [-0.2, 0) is 6.11 Å². The smallest absolute Gasteiger partial charge is 0.426 e. The summed E-state index contributed by atoms with van der Waals surface area (Å²) in [5, 5.41) is 0. The van der Waals surface area contributed by atoms with E-state index in [4.69, 9.17) is 0 Å². The lowest BCUT2D eigenvalue weighted by Crippen LogP contribution is -2.25. The normalized spacial score (nSPS) is 26.3. The average Bonchev–Trinajstić information content (AvgIpc) is 2.79. The zero-order valence-corrected chi connectivity index (χ0v) is 18.5. The minimum absolute atomic E-state index is 0.135. The lowest BCUT2D eigenvalue weighted by molar-refractivity contribution is -0.187. The van der Waals surface area contributed by atoms with E-state index in [2.05, 4.69) is 11.7 Å². The summed E-state index contributed by atoms with van der Waals surface area (Å²) in [4.78, 5) is 0. The standard InChI is InChI=1S/C26H28F6O/c1-15-2-4-16(5-3-15)17-6-8-18(9-7-17)19-10-11-24(21(27)12-19)33-26(31,32)20-13-22(28)25(30)23(29)14-20/h10-18H,2-9H2,1H3. The minimum atomic E-state index is -4.24. The minimum Gasteiger partial charge on any atom is -0.426 e. The Hall–Kier alpha value is -2.18. The molecule has 7 heteroatoms. The van der Waals surface area contributed by atoms with Gasteiger partial charge in [0.25, 0.3) is 0 Å². The highest BCUT2D eigenvalue weighted by atomic mass is 19.3. The lowest BCUT2D eigenvalue weighted by atomic mass is 9.68. The monoisotopic (exact) mass is 470 g/mol. The van der Waals surface area contributed by atoms with Crippen molar-refractivity contribution < 1.29 is 31.1 Å². The zero-order chi connectivity index (χ0) is 23.8. The van der Waals surface area contributed by atoms with Crippen LogP contribution in [0.1, 0.15) is 75.3 Å². The Kier molecular flexibility index (Phi) is 6.96. The highest BCUT2D eigenvalue weighted by Gasteiger charge is 2.38. The maximum atomic E-state index is 14.6. The summed E-state index contributed by atoms with van der Waals surface area (Å²) in [6.07, 6.45) is 4.94. The van der Waals surface area contributed by atoms with Gasteiger partial charge in [-0.15, -0.1) is 0 Å². The Morgan fingerprint density at radius 3 is 1.82 bits per heavy atom. The van der Waals surface area contributed by atoms with Crippen molar-refractivity contribution in [3.05, 3.63) is 64.7 Å². The van der Waals surface area contributed by atoms with Gasteiger partial charge in [0.1, 0.15) is 0 Å². The van der Waals surface area contributed by atoms with Crippen molar-refractivity contribution in [1.82, 2.24) is 0 Å². The largest absolute Gasteiger partial charge is 0.427 e. The molecule has 180 valence electrons. The molecule has 1 nitrogen and oxygen atoms in total. The van der Waals surface area contributed by atoms with E-state index in [1.54, 1.807) is 6.07 Å². The fourth-order valence-electron chi connectivity index (χ4n) is 5.46. The van der Waals surface area contributed by atoms with Crippen LogP contribution in [0, 0.1) is 41.0 Å². The first-order valence-electron chi connectivity index (χ1n) is 11.7. The first-order chi connectivity index (χ1) is 15.6. The summed E-state index contributed by atoms with van der Waals surface area (Å²) in [5.74, 6) is -4.67. The molecule has 0 unspecified atom stereocenters. The Morgan fingerprint density at radius 2 is 1.27 bits per heavy atom. The summed E-state index contributed by atoms with van der Waals surface area (Å²) in [5.41, 5.74) is -0.504. The second-order valence-electron chi connectivity index (χ2n) is 9.69. The van der Waals surface area contributed by atoms with E-state index in [-0.39, 0.29) is 18.1 Å². The number of benzene rings is 2. The summed E-state index contributed by atoms with van der Waals surface area (Å²) in [6.45, 7) is 2.31. The van der Waals surface area contributed by atoms with Gasteiger partial charge in [-0.2, -0.15) is 8.78 Å². The van der Waals surface area contributed by atoms with Gasteiger partial charge in [0.05, 0.1) is 5.56 Å². The molecule has 2 aliphatic carbocycles. The molecule has 2 aromatic rings. The molecule has 0 aromatic heterocycles. The fourth-order valence-corrected chi connectivity index (χ4v) is 5.46. The van der Waals surface area contributed by atoms with E-state index in [1.165, 1.54) is 31.7 Å². The Labute approximate surface area is 190 Å². The molecule has 0 amide bonds. The Bertz CT molecular complexity index is 952. The Balaban J connectivity index is 1.40. The topological polar surface area (TPSA) is 9.23 Å². The molecule has 0 saturated heterocycles. The van der Waals surface area contributed by atoms with Crippen LogP contribution in [-0.4, -0.2) is 0 Å². The molecule has 33 heavy (non-hydrogen) atoms. The van der Waals surface area contributed by atoms with Crippen molar-refractivity contribution in [3.63, 3.8) is 0 Å².